The van der Waals surface area contributed by atoms with Crippen LogP contribution in [0.4, 0.5) is 0 Å². The lowest BCUT2D eigenvalue weighted by Crippen LogP contribution is -2.46. The van der Waals surface area contributed by atoms with Crippen molar-refractivity contribution in [2.24, 2.45) is 4.99 Å². The number of aliphatic imine (C=N–C) groups is 1. The van der Waals surface area contributed by atoms with Gasteiger partial charge in [-0.3, -0.25) is 9.79 Å². The lowest BCUT2D eigenvalue weighted by atomic mass is 9.83. The van der Waals surface area contributed by atoms with Crippen molar-refractivity contribution in [1.82, 2.24) is 9.62 Å². The van der Waals surface area contributed by atoms with Crippen molar-refractivity contribution in [2.45, 2.75) is 37.9 Å². The number of carbonyl (C=O) groups excluding carboxylic acids is 1. The van der Waals surface area contributed by atoms with E-state index in [-0.39, 0.29) is 18.0 Å². The Morgan fingerprint density at radius 2 is 2.15 bits per heavy atom. The molecule has 0 saturated carbocycles. The molecule has 2 atom stereocenters. The molecule has 1 aromatic rings. The third-order valence-corrected chi connectivity index (χ3v) is 6.18. The maximum absolute atomic E-state index is 12.9. The molecule has 4 rings (SSSR count). The maximum atomic E-state index is 12.9. The van der Waals surface area contributed by atoms with Crippen molar-refractivity contribution in [3.8, 4) is 0 Å². The summed E-state index contributed by atoms with van der Waals surface area (Å²) in [5, 5.41) is 0.620. The number of nitrogens with one attached hydrogen (secondary N) is 1. The average molecular weight is 394 g/mol. The van der Waals surface area contributed by atoms with E-state index < -0.39 is 10.0 Å². The molecule has 0 bridgehead atoms. The number of dihydropyridines is 1. The standard InChI is InChI=1S/C18H20ClN3O3S/c1-26(24,25)21-16-4-2-3-14-15(16)8-20-9-17(14)22-10-11-7-12(19)5-6-13(11)18(22)23/h5-8,16-17,21H,2-4,9-10H2,1H3/t16-,17?/m1/s1. The fourth-order valence-electron chi connectivity index (χ4n) is 4.14. The van der Waals surface area contributed by atoms with Gasteiger partial charge < -0.3 is 4.90 Å². The summed E-state index contributed by atoms with van der Waals surface area (Å²) in [6.07, 6.45) is 5.43. The predicted molar refractivity (Wildman–Crippen MR) is 101 cm³/mol. The second-order valence-corrected chi connectivity index (χ2v) is 9.28. The first-order valence-electron chi connectivity index (χ1n) is 8.63. The summed E-state index contributed by atoms with van der Waals surface area (Å²) < 4.78 is 26.1. The molecule has 0 saturated heterocycles. The van der Waals surface area contributed by atoms with Crippen LogP contribution in [-0.2, 0) is 16.6 Å². The molecule has 3 aliphatic rings. The van der Waals surface area contributed by atoms with Crippen molar-refractivity contribution in [3.05, 3.63) is 45.5 Å². The molecule has 1 aliphatic carbocycles. The number of hydrogen-bond acceptors (Lipinski definition) is 4. The molecule has 1 N–H and O–H groups in total. The van der Waals surface area contributed by atoms with Crippen molar-refractivity contribution in [1.29, 1.82) is 0 Å². The number of nitrogens with zero attached hydrogens (tertiary/aromatic N) is 2. The van der Waals surface area contributed by atoms with Gasteiger partial charge in [0.2, 0.25) is 10.0 Å². The summed E-state index contributed by atoms with van der Waals surface area (Å²) in [6, 6.07) is 4.95. The van der Waals surface area contributed by atoms with Crippen LogP contribution < -0.4 is 4.72 Å². The van der Waals surface area contributed by atoms with Gasteiger partial charge in [-0.05, 0) is 54.2 Å². The predicted octanol–water partition coefficient (Wildman–Crippen LogP) is 2.15. The Balaban J connectivity index is 1.66. The van der Waals surface area contributed by atoms with Crippen molar-refractivity contribution < 1.29 is 13.2 Å². The topological polar surface area (TPSA) is 78.8 Å². The fourth-order valence-corrected chi connectivity index (χ4v) is 5.10. The highest BCUT2D eigenvalue weighted by atomic mass is 35.5. The normalized spacial score (nSPS) is 25.5. The highest BCUT2D eigenvalue weighted by Crippen LogP contribution is 2.35. The first-order chi connectivity index (χ1) is 12.3. The van der Waals surface area contributed by atoms with E-state index in [0.29, 0.717) is 23.7 Å². The van der Waals surface area contributed by atoms with Crippen LogP contribution in [0.25, 0.3) is 0 Å². The molecular formula is C18H20ClN3O3S. The fraction of sp³-hybridized carbons (Fsp3) is 0.444. The van der Waals surface area contributed by atoms with Gasteiger partial charge in [0.1, 0.15) is 0 Å². The molecule has 0 radical (unpaired) electrons. The van der Waals surface area contributed by atoms with Crippen LogP contribution in [-0.4, -0.2) is 50.3 Å². The van der Waals surface area contributed by atoms with E-state index in [2.05, 4.69) is 9.71 Å². The minimum absolute atomic E-state index is 0.0104. The second-order valence-electron chi connectivity index (χ2n) is 7.06. The lowest BCUT2D eigenvalue weighted by Gasteiger charge is -2.37. The highest BCUT2D eigenvalue weighted by Gasteiger charge is 2.38. The Kier molecular flexibility index (Phi) is 4.41. The van der Waals surface area contributed by atoms with Gasteiger partial charge >= 0.3 is 0 Å². The molecule has 26 heavy (non-hydrogen) atoms. The van der Waals surface area contributed by atoms with E-state index in [0.717, 1.165) is 36.0 Å². The van der Waals surface area contributed by atoms with Crippen LogP contribution in [0.1, 0.15) is 35.2 Å². The van der Waals surface area contributed by atoms with Gasteiger partial charge in [0, 0.05) is 29.4 Å². The van der Waals surface area contributed by atoms with Gasteiger partial charge in [0.15, 0.2) is 0 Å². The highest BCUT2D eigenvalue weighted by molar-refractivity contribution is 7.88. The summed E-state index contributed by atoms with van der Waals surface area (Å²) in [5.41, 5.74) is 3.66. The van der Waals surface area contributed by atoms with Gasteiger partial charge in [0.25, 0.3) is 5.91 Å². The van der Waals surface area contributed by atoms with Crippen molar-refractivity contribution in [2.75, 3.05) is 12.8 Å². The third-order valence-electron chi connectivity index (χ3n) is 5.23. The smallest absolute Gasteiger partial charge is 0.255 e. The Bertz CT molecular complexity index is 939. The van der Waals surface area contributed by atoms with Gasteiger partial charge in [0.05, 0.1) is 18.8 Å². The van der Waals surface area contributed by atoms with Crippen LogP contribution in [0.5, 0.6) is 0 Å². The second kappa shape index (κ2) is 6.48. The molecule has 0 fully saturated rings. The van der Waals surface area contributed by atoms with E-state index in [9.17, 15) is 13.2 Å². The molecule has 0 spiro atoms. The maximum Gasteiger partial charge on any atom is 0.255 e. The van der Waals surface area contributed by atoms with E-state index in [1.54, 1.807) is 18.3 Å². The molecule has 6 nitrogen and oxygen atoms in total. The Labute approximate surface area is 158 Å². The zero-order valence-corrected chi connectivity index (χ0v) is 16.0. The van der Waals surface area contributed by atoms with Crippen LogP contribution in [0.2, 0.25) is 5.02 Å². The molecule has 0 aromatic heterocycles. The van der Waals surface area contributed by atoms with E-state index in [1.807, 2.05) is 11.0 Å². The number of halogens is 1. The minimum atomic E-state index is -3.31. The third kappa shape index (κ3) is 3.19. The van der Waals surface area contributed by atoms with Gasteiger partial charge in [-0.15, -0.1) is 0 Å². The molecule has 2 heterocycles. The minimum Gasteiger partial charge on any atom is -0.326 e. The molecule has 8 heteroatoms. The van der Waals surface area contributed by atoms with Gasteiger partial charge in [-0.1, -0.05) is 11.6 Å². The molecule has 138 valence electrons. The lowest BCUT2D eigenvalue weighted by molar-refractivity contribution is 0.0729. The molecule has 1 amide bonds. The Hall–Kier alpha value is -1.70. The van der Waals surface area contributed by atoms with Crippen LogP contribution >= 0.6 is 11.6 Å². The Morgan fingerprint density at radius 1 is 1.35 bits per heavy atom. The first-order valence-corrected chi connectivity index (χ1v) is 10.9. The summed E-state index contributed by atoms with van der Waals surface area (Å²) in [5.74, 6) is -0.0104. The average Bonchev–Trinajstić information content (AvgIpc) is 2.89. The summed E-state index contributed by atoms with van der Waals surface area (Å²) in [6.45, 7) is 1.02. The van der Waals surface area contributed by atoms with E-state index in [1.165, 1.54) is 6.26 Å². The quantitative estimate of drug-likeness (QED) is 0.854. The van der Waals surface area contributed by atoms with E-state index >= 15 is 0 Å². The number of carbonyl (C=O) groups is 1. The zero-order valence-electron chi connectivity index (χ0n) is 14.4. The van der Waals surface area contributed by atoms with Gasteiger partial charge in [-0.25, -0.2) is 13.1 Å². The largest absolute Gasteiger partial charge is 0.326 e. The van der Waals surface area contributed by atoms with Gasteiger partial charge in [-0.2, -0.15) is 0 Å². The summed E-state index contributed by atoms with van der Waals surface area (Å²) in [4.78, 5) is 19.2. The van der Waals surface area contributed by atoms with Crippen LogP contribution in [0.3, 0.4) is 0 Å². The molecule has 1 unspecified atom stereocenters. The van der Waals surface area contributed by atoms with E-state index in [4.69, 9.17) is 11.6 Å². The number of sulfonamides is 1. The number of amides is 1. The molecule has 2 aliphatic heterocycles. The zero-order chi connectivity index (χ0) is 18.5. The molecular weight excluding hydrogens is 374 g/mol. The monoisotopic (exact) mass is 393 g/mol. The SMILES string of the molecule is CS(=O)(=O)N[C@@H]1CCCC2=C1C=NCC2N1Cc2cc(Cl)ccc2C1=O. The number of rotatable bonds is 3. The number of fused-ring (bicyclic) bond motifs is 1. The van der Waals surface area contributed by atoms with Crippen LogP contribution in [0.15, 0.2) is 34.3 Å². The molecule has 1 aromatic carbocycles. The number of benzene rings is 1. The first kappa shape index (κ1) is 17.7. The van der Waals surface area contributed by atoms with Crippen molar-refractivity contribution >= 4 is 33.7 Å². The Morgan fingerprint density at radius 3 is 2.92 bits per heavy atom. The summed E-state index contributed by atoms with van der Waals surface area (Å²) >= 11 is 6.07. The van der Waals surface area contributed by atoms with Crippen LogP contribution in [0, 0.1) is 0 Å². The van der Waals surface area contributed by atoms with Crippen molar-refractivity contribution in [3.63, 3.8) is 0 Å². The number of hydrogen-bond donors (Lipinski definition) is 1. The summed E-state index contributed by atoms with van der Waals surface area (Å²) in [7, 11) is -3.31.